The second-order valence-electron chi connectivity index (χ2n) is 3.49. The van der Waals surface area contributed by atoms with Crippen molar-refractivity contribution in [2.75, 3.05) is 6.54 Å². The van der Waals surface area contributed by atoms with Gasteiger partial charge in [0.05, 0.1) is 0 Å². The lowest BCUT2D eigenvalue weighted by Gasteiger charge is -2.32. The summed E-state index contributed by atoms with van der Waals surface area (Å²) in [5, 5.41) is 0. The first kappa shape index (κ1) is 8.52. The van der Waals surface area contributed by atoms with E-state index >= 15 is 0 Å². The van der Waals surface area contributed by atoms with Crippen molar-refractivity contribution in [2.24, 2.45) is 4.99 Å². The molecule has 1 aliphatic rings. The first-order chi connectivity index (χ1) is 5.06. The van der Waals surface area contributed by atoms with Crippen molar-refractivity contribution in [3.63, 3.8) is 0 Å². The third-order valence-corrected chi connectivity index (χ3v) is 5.54. The van der Waals surface area contributed by atoms with Gasteiger partial charge < -0.3 is 4.43 Å². The van der Waals surface area contributed by atoms with Crippen molar-refractivity contribution >= 4 is 14.2 Å². The van der Waals surface area contributed by atoms with E-state index in [1.807, 2.05) is 0 Å². The van der Waals surface area contributed by atoms with Crippen molar-refractivity contribution in [1.82, 2.24) is 0 Å². The van der Waals surface area contributed by atoms with E-state index in [-0.39, 0.29) is 0 Å². The van der Waals surface area contributed by atoms with Crippen LogP contribution >= 0.6 is 0 Å². The van der Waals surface area contributed by atoms with Crippen LogP contribution in [0.4, 0.5) is 0 Å². The summed E-state index contributed by atoms with van der Waals surface area (Å²) in [7, 11) is -1.48. The summed E-state index contributed by atoms with van der Waals surface area (Å²) in [6.45, 7) is 11.2. The molecule has 0 spiro atoms. The van der Waals surface area contributed by atoms with Crippen LogP contribution in [0.5, 0.6) is 0 Å². The highest BCUT2D eigenvalue weighted by Crippen LogP contribution is 2.26. The van der Waals surface area contributed by atoms with Crippen molar-refractivity contribution in [3.8, 4) is 0 Å². The molecule has 0 aromatic carbocycles. The largest absolute Gasteiger partial charge is 0.531 e. The van der Waals surface area contributed by atoms with Crippen LogP contribution in [-0.2, 0) is 4.43 Å². The molecule has 1 heterocycles. The van der Waals surface area contributed by atoms with Gasteiger partial charge in [-0.1, -0.05) is 13.5 Å². The Kier molecular flexibility index (Phi) is 2.18. The molecule has 0 fully saturated rings. The first-order valence-corrected chi connectivity index (χ1v) is 6.90. The predicted octanol–water partition coefficient (Wildman–Crippen LogP) is 2.20. The SMILES string of the molecule is C=CC1=NCC(C)[Si](C)(C)O1. The van der Waals surface area contributed by atoms with E-state index < -0.39 is 8.32 Å². The molecule has 11 heavy (non-hydrogen) atoms. The fourth-order valence-electron chi connectivity index (χ4n) is 0.955. The average molecular weight is 169 g/mol. The summed E-state index contributed by atoms with van der Waals surface area (Å²) in [6, 6.07) is 0. The van der Waals surface area contributed by atoms with Gasteiger partial charge >= 0.3 is 0 Å². The second kappa shape index (κ2) is 2.81. The molecule has 0 saturated carbocycles. The number of nitrogens with zero attached hydrogens (tertiary/aromatic N) is 1. The summed E-state index contributed by atoms with van der Waals surface area (Å²) < 4.78 is 5.71. The van der Waals surface area contributed by atoms with E-state index in [1.54, 1.807) is 6.08 Å². The van der Waals surface area contributed by atoms with Gasteiger partial charge in [-0.15, -0.1) is 0 Å². The van der Waals surface area contributed by atoms with Gasteiger partial charge in [-0.2, -0.15) is 0 Å². The highest BCUT2D eigenvalue weighted by molar-refractivity contribution is 6.74. The van der Waals surface area contributed by atoms with E-state index in [2.05, 4.69) is 31.6 Å². The number of hydrogen-bond acceptors (Lipinski definition) is 2. The van der Waals surface area contributed by atoms with Gasteiger partial charge in [0.2, 0.25) is 0 Å². The van der Waals surface area contributed by atoms with Gasteiger partial charge in [0.25, 0.3) is 8.32 Å². The fourth-order valence-corrected chi connectivity index (χ4v) is 2.37. The summed E-state index contributed by atoms with van der Waals surface area (Å²) in [6.07, 6.45) is 1.70. The quantitative estimate of drug-likeness (QED) is 0.551. The third-order valence-electron chi connectivity index (χ3n) is 2.25. The Morgan fingerprint density at radius 3 is 2.82 bits per heavy atom. The molecule has 1 unspecified atom stereocenters. The normalized spacial score (nSPS) is 28.6. The Hall–Kier alpha value is -0.573. The zero-order chi connectivity index (χ0) is 8.48. The van der Waals surface area contributed by atoms with Gasteiger partial charge in [-0.3, -0.25) is 4.99 Å². The maximum atomic E-state index is 5.71. The monoisotopic (exact) mass is 169 g/mol. The minimum atomic E-state index is -1.48. The van der Waals surface area contributed by atoms with Crippen LogP contribution in [0, 0.1) is 0 Å². The van der Waals surface area contributed by atoms with Crippen LogP contribution < -0.4 is 0 Å². The van der Waals surface area contributed by atoms with Gasteiger partial charge in [0.1, 0.15) is 0 Å². The molecule has 0 aromatic rings. The van der Waals surface area contributed by atoms with Gasteiger partial charge in [0.15, 0.2) is 5.90 Å². The summed E-state index contributed by atoms with van der Waals surface area (Å²) in [4.78, 5) is 4.24. The maximum Gasteiger partial charge on any atom is 0.251 e. The molecule has 0 bridgehead atoms. The molecule has 0 amide bonds. The molecule has 1 rings (SSSR count). The third kappa shape index (κ3) is 1.71. The summed E-state index contributed by atoms with van der Waals surface area (Å²) >= 11 is 0. The summed E-state index contributed by atoms with van der Waals surface area (Å²) in [5.74, 6) is 0.736. The fraction of sp³-hybridized carbons (Fsp3) is 0.625. The van der Waals surface area contributed by atoms with E-state index in [0.29, 0.717) is 5.54 Å². The molecule has 3 heteroatoms. The number of aliphatic imine (C=N–C) groups is 1. The molecule has 0 aliphatic carbocycles. The Morgan fingerprint density at radius 1 is 1.73 bits per heavy atom. The molecule has 1 aliphatic heterocycles. The molecular formula is C8H15NOSi. The molecule has 0 N–H and O–H groups in total. The van der Waals surface area contributed by atoms with E-state index in [4.69, 9.17) is 4.43 Å². The lowest BCUT2D eigenvalue weighted by molar-refractivity contribution is 0.501. The first-order valence-electron chi connectivity index (χ1n) is 3.92. The van der Waals surface area contributed by atoms with Gasteiger partial charge in [0, 0.05) is 12.1 Å². The molecular weight excluding hydrogens is 154 g/mol. The standard InChI is InChI=1S/C8H15NOSi/c1-5-8-9-6-7(2)11(3,4)10-8/h5,7H,1,6H2,2-4H3. The van der Waals surface area contributed by atoms with Crippen LogP contribution in [0.3, 0.4) is 0 Å². The van der Waals surface area contributed by atoms with Crippen LogP contribution in [0.1, 0.15) is 6.92 Å². The average Bonchev–Trinajstić information content (AvgIpc) is 1.95. The molecule has 0 aromatic heterocycles. The van der Waals surface area contributed by atoms with Crippen molar-refractivity contribution in [1.29, 1.82) is 0 Å². The van der Waals surface area contributed by atoms with Crippen LogP contribution in [0.15, 0.2) is 17.6 Å². The van der Waals surface area contributed by atoms with Crippen molar-refractivity contribution < 1.29 is 4.43 Å². The Balaban J connectivity index is 2.76. The zero-order valence-electron chi connectivity index (χ0n) is 7.42. The lowest BCUT2D eigenvalue weighted by Crippen LogP contribution is -2.41. The highest BCUT2D eigenvalue weighted by atomic mass is 28.4. The van der Waals surface area contributed by atoms with Crippen LogP contribution in [0.25, 0.3) is 0 Å². The Bertz CT molecular complexity index is 198. The molecule has 0 radical (unpaired) electrons. The number of rotatable bonds is 1. The zero-order valence-corrected chi connectivity index (χ0v) is 8.42. The predicted molar refractivity (Wildman–Crippen MR) is 50.5 cm³/mol. The Labute approximate surface area is 69.1 Å². The minimum Gasteiger partial charge on any atom is -0.531 e. The van der Waals surface area contributed by atoms with Crippen molar-refractivity contribution in [3.05, 3.63) is 12.7 Å². The van der Waals surface area contributed by atoms with E-state index in [0.717, 1.165) is 12.4 Å². The summed E-state index contributed by atoms with van der Waals surface area (Å²) in [5.41, 5.74) is 0.617. The molecule has 2 nitrogen and oxygen atoms in total. The molecule has 0 saturated heterocycles. The van der Waals surface area contributed by atoms with Gasteiger partial charge in [-0.25, -0.2) is 0 Å². The van der Waals surface area contributed by atoms with Crippen LogP contribution in [0.2, 0.25) is 18.6 Å². The maximum absolute atomic E-state index is 5.71. The lowest BCUT2D eigenvalue weighted by atomic mass is 10.5. The van der Waals surface area contributed by atoms with Gasteiger partial charge in [-0.05, 0) is 19.2 Å². The van der Waals surface area contributed by atoms with Crippen molar-refractivity contribution in [2.45, 2.75) is 25.6 Å². The minimum absolute atomic E-state index is 0.617. The highest BCUT2D eigenvalue weighted by Gasteiger charge is 2.35. The van der Waals surface area contributed by atoms with Crippen LogP contribution in [-0.4, -0.2) is 20.8 Å². The number of hydrogen-bond donors (Lipinski definition) is 0. The van der Waals surface area contributed by atoms with E-state index in [9.17, 15) is 0 Å². The smallest absolute Gasteiger partial charge is 0.251 e. The topological polar surface area (TPSA) is 21.6 Å². The Morgan fingerprint density at radius 2 is 2.36 bits per heavy atom. The molecule has 62 valence electrons. The van der Waals surface area contributed by atoms with E-state index in [1.165, 1.54) is 0 Å². The second-order valence-corrected chi connectivity index (χ2v) is 7.89. The molecule has 1 atom stereocenters.